The molecule has 4 nitrogen and oxygen atoms in total. The van der Waals surface area contributed by atoms with Crippen molar-refractivity contribution in [2.24, 2.45) is 0 Å². The summed E-state index contributed by atoms with van der Waals surface area (Å²) >= 11 is 0. The van der Waals surface area contributed by atoms with Crippen molar-refractivity contribution in [1.29, 1.82) is 0 Å². The van der Waals surface area contributed by atoms with Crippen LogP contribution in [0.1, 0.15) is 27.2 Å². The van der Waals surface area contributed by atoms with Gasteiger partial charge in [0.2, 0.25) is 0 Å². The Hall–Kier alpha value is 0.0300. The second kappa shape index (κ2) is 8.17. The first kappa shape index (κ1) is 16.0. The number of nitrogens with one attached hydrogen (secondary N) is 1. The SMILES string of the molecule is COCCCS(=O)CC(O)CNC(C)(C)C. The highest BCUT2D eigenvalue weighted by Crippen LogP contribution is 1.99. The summed E-state index contributed by atoms with van der Waals surface area (Å²) in [4.78, 5) is 0. The van der Waals surface area contributed by atoms with Gasteiger partial charge in [0.25, 0.3) is 0 Å². The molecule has 0 radical (unpaired) electrons. The van der Waals surface area contributed by atoms with E-state index < -0.39 is 16.9 Å². The lowest BCUT2D eigenvalue weighted by molar-refractivity contribution is 0.182. The highest BCUT2D eigenvalue weighted by molar-refractivity contribution is 7.85. The van der Waals surface area contributed by atoms with Crippen LogP contribution in [0.3, 0.4) is 0 Å². The first-order valence-corrected chi connectivity index (χ1v) is 7.11. The molecule has 0 saturated heterocycles. The Bertz CT molecular complexity index is 204. The van der Waals surface area contributed by atoms with Gasteiger partial charge in [-0.3, -0.25) is 4.21 Å². The average Bonchev–Trinajstić information content (AvgIpc) is 2.14. The monoisotopic (exact) mass is 251 g/mol. The third-order valence-electron chi connectivity index (χ3n) is 1.97. The topological polar surface area (TPSA) is 58.6 Å². The molecule has 0 aromatic carbocycles. The highest BCUT2D eigenvalue weighted by atomic mass is 32.2. The van der Waals surface area contributed by atoms with E-state index in [1.165, 1.54) is 0 Å². The first-order valence-electron chi connectivity index (χ1n) is 5.62. The van der Waals surface area contributed by atoms with Crippen LogP contribution in [-0.2, 0) is 15.5 Å². The molecule has 0 saturated carbocycles. The predicted octanol–water partition coefficient (Wildman–Crippen LogP) is 0.521. The van der Waals surface area contributed by atoms with E-state index in [0.29, 0.717) is 24.7 Å². The maximum atomic E-state index is 11.5. The van der Waals surface area contributed by atoms with E-state index in [1.54, 1.807) is 7.11 Å². The van der Waals surface area contributed by atoms with E-state index in [-0.39, 0.29) is 5.54 Å². The smallest absolute Gasteiger partial charge is 0.0779 e. The van der Waals surface area contributed by atoms with Crippen molar-refractivity contribution in [3.63, 3.8) is 0 Å². The van der Waals surface area contributed by atoms with E-state index in [9.17, 15) is 9.32 Å². The quantitative estimate of drug-likeness (QED) is 0.618. The molecule has 0 aromatic heterocycles. The summed E-state index contributed by atoms with van der Waals surface area (Å²) in [5, 5.41) is 12.8. The molecule has 0 aliphatic rings. The largest absolute Gasteiger partial charge is 0.391 e. The molecular weight excluding hydrogens is 226 g/mol. The van der Waals surface area contributed by atoms with Crippen LogP contribution >= 0.6 is 0 Å². The summed E-state index contributed by atoms with van der Waals surface area (Å²) in [6, 6.07) is 0. The van der Waals surface area contributed by atoms with Crippen LogP contribution in [0.4, 0.5) is 0 Å². The zero-order chi connectivity index (χ0) is 12.6. The summed E-state index contributed by atoms with van der Waals surface area (Å²) in [5.74, 6) is 0.938. The second-order valence-corrected chi connectivity index (χ2v) is 6.56. The number of hydrogen-bond acceptors (Lipinski definition) is 4. The van der Waals surface area contributed by atoms with Crippen molar-refractivity contribution in [1.82, 2.24) is 5.32 Å². The molecule has 16 heavy (non-hydrogen) atoms. The van der Waals surface area contributed by atoms with Crippen molar-refractivity contribution in [2.75, 3.05) is 31.8 Å². The zero-order valence-corrected chi connectivity index (χ0v) is 11.6. The molecule has 0 aliphatic heterocycles. The molecule has 0 spiro atoms. The van der Waals surface area contributed by atoms with Gasteiger partial charge in [0, 0.05) is 42.4 Å². The normalized spacial score (nSPS) is 16.1. The summed E-state index contributed by atoms with van der Waals surface area (Å²) in [7, 11) is 0.680. The minimum atomic E-state index is -0.950. The zero-order valence-electron chi connectivity index (χ0n) is 10.8. The molecule has 2 unspecified atom stereocenters. The fourth-order valence-electron chi connectivity index (χ4n) is 1.15. The number of rotatable bonds is 8. The van der Waals surface area contributed by atoms with Crippen LogP contribution < -0.4 is 5.32 Å². The van der Waals surface area contributed by atoms with Crippen molar-refractivity contribution in [3.8, 4) is 0 Å². The Labute approximate surface area is 101 Å². The van der Waals surface area contributed by atoms with Crippen LogP contribution in [-0.4, -0.2) is 52.7 Å². The number of methoxy groups -OCH3 is 1. The summed E-state index contributed by atoms with van der Waals surface area (Å²) in [5.41, 5.74) is -0.0154. The van der Waals surface area contributed by atoms with Crippen LogP contribution in [0.5, 0.6) is 0 Å². The molecule has 98 valence electrons. The van der Waals surface area contributed by atoms with Crippen LogP contribution in [0, 0.1) is 0 Å². The summed E-state index contributed by atoms with van der Waals surface area (Å²) in [6.07, 6.45) is 0.241. The standard InChI is InChI=1S/C11H25NO3S/c1-11(2,3)12-8-10(13)9-16(14)7-5-6-15-4/h10,12-13H,5-9H2,1-4H3. The van der Waals surface area contributed by atoms with Crippen LogP contribution in [0.15, 0.2) is 0 Å². The molecule has 0 bridgehead atoms. The fraction of sp³-hybridized carbons (Fsp3) is 1.00. The average molecular weight is 251 g/mol. The number of aliphatic hydroxyl groups is 1. The van der Waals surface area contributed by atoms with E-state index in [2.05, 4.69) is 5.32 Å². The van der Waals surface area contributed by atoms with Gasteiger partial charge in [-0.05, 0) is 27.2 Å². The number of aliphatic hydroxyl groups excluding tert-OH is 1. The lowest BCUT2D eigenvalue weighted by Crippen LogP contribution is -2.42. The molecule has 0 amide bonds. The Morgan fingerprint density at radius 3 is 2.56 bits per heavy atom. The predicted molar refractivity (Wildman–Crippen MR) is 68.1 cm³/mol. The van der Waals surface area contributed by atoms with Gasteiger partial charge in [-0.1, -0.05) is 0 Å². The van der Waals surface area contributed by atoms with Crippen LogP contribution in [0.25, 0.3) is 0 Å². The van der Waals surface area contributed by atoms with E-state index in [4.69, 9.17) is 4.74 Å². The van der Waals surface area contributed by atoms with Crippen LogP contribution in [0.2, 0.25) is 0 Å². The maximum Gasteiger partial charge on any atom is 0.0779 e. The van der Waals surface area contributed by atoms with Crippen molar-refractivity contribution >= 4 is 10.8 Å². The molecule has 0 aromatic rings. The Kier molecular flexibility index (Phi) is 8.18. The molecular formula is C11H25NO3S. The molecule has 0 rings (SSSR count). The number of β-amino-alcohol motifs (C(OH)–C–C–N with tert-alkyl or cyclic N) is 1. The highest BCUT2D eigenvalue weighted by Gasteiger charge is 2.14. The number of ether oxygens (including phenoxy) is 1. The Morgan fingerprint density at radius 1 is 1.44 bits per heavy atom. The summed E-state index contributed by atoms with van der Waals surface area (Å²) < 4.78 is 16.4. The van der Waals surface area contributed by atoms with Crippen molar-refractivity contribution < 1.29 is 14.1 Å². The molecule has 2 N–H and O–H groups in total. The first-order chi connectivity index (χ1) is 7.35. The van der Waals surface area contributed by atoms with Gasteiger partial charge < -0.3 is 15.2 Å². The van der Waals surface area contributed by atoms with Crippen molar-refractivity contribution in [2.45, 2.75) is 38.8 Å². The molecule has 0 fully saturated rings. The third kappa shape index (κ3) is 10.5. The van der Waals surface area contributed by atoms with Gasteiger partial charge in [-0.25, -0.2) is 0 Å². The maximum absolute atomic E-state index is 11.5. The minimum absolute atomic E-state index is 0.0154. The lowest BCUT2D eigenvalue weighted by Gasteiger charge is -2.22. The second-order valence-electron chi connectivity index (χ2n) is 4.94. The molecule has 5 heteroatoms. The van der Waals surface area contributed by atoms with Gasteiger partial charge in [0.05, 0.1) is 11.9 Å². The molecule has 0 heterocycles. The van der Waals surface area contributed by atoms with E-state index in [1.807, 2.05) is 20.8 Å². The number of hydrogen-bond donors (Lipinski definition) is 2. The van der Waals surface area contributed by atoms with Gasteiger partial charge in [0.15, 0.2) is 0 Å². The van der Waals surface area contributed by atoms with E-state index >= 15 is 0 Å². The van der Waals surface area contributed by atoms with Gasteiger partial charge in [0.1, 0.15) is 0 Å². The molecule has 0 aliphatic carbocycles. The van der Waals surface area contributed by atoms with Crippen molar-refractivity contribution in [3.05, 3.63) is 0 Å². The van der Waals surface area contributed by atoms with Gasteiger partial charge in [-0.15, -0.1) is 0 Å². The Morgan fingerprint density at radius 2 is 2.06 bits per heavy atom. The fourth-order valence-corrected chi connectivity index (χ4v) is 2.30. The third-order valence-corrected chi connectivity index (χ3v) is 3.47. The minimum Gasteiger partial charge on any atom is -0.391 e. The van der Waals surface area contributed by atoms with E-state index in [0.717, 1.165) is 6.42 Å². The summed E-state index contributed by atoms with van der Waals surface area (Å²) in [6.45, 7) is 7.22. The van der Waals surface area contributed by atoms with Gasteiger partial charge in [-0.2, -0.15) is 0 Å². The molecule has 2 atom stereocenters. The lowest BCUT2D eigenvalue weighted by atomic mass is 10.1. The van der Waals surface area contributed by atoms with Gasteiger partial charge >= 0.3 is 0 Å². The Balaban J connectivity index is 3.62.